The number of amides is 2. The molecule has 2 aliphatic rings. The molecule has 0 aliphatic heterocycles. The first-order valence-corrected chi connectivity index (χ1v) is 13.0. The Morgan fingerprint density at radius 2 is 1.86 bits per heavy atom. The Balaban J connectivity index is 1.43. The van der Waals surface area contributed by atoms with E-state index in [1.165, 1.54) is 0 Å². The van der Waals surface area contributed by atoms with Crippen molar-refractivity contribution in [1.29, 1.82) is 0 Å². The van der Waals surface area contributed by atoms with Crippen molar-refractivity contribution in [2.45, 2.75) is 65.1 Å². The first kappa shape index (κ1) is 25.6. The van der Waals surface area contributed by atoms with E-state index in [0.29, 0.717) is 17.1 Å². The van der Waals surface area contributed by atoms with Crippen molar-refractivity contribution in [3.8, 4) is 0 Å². The molecule has 3 N–H and O–H groups in total. The Bertz CT molecular complexity index is 1050. The van der Waals surface area contributed by atoms with E-state index >= 15 is 0 Å². The number of hydrogen-bond donors (Lipinski definition) is 3. The van der Waals surface area contributed by atoms with Gasteiger partial charge in [0.15, 0.2) is 0 Å². The van der Waals surface area contributed by atoms with Crippen LogP contribution in [0.5, 0.6) is 0 Å². The van der Waals surface area contributed by atoms with Crippen LogP contribution in [0.1, 0.15) is 62.4 Å². The highest BCUT2D eigenvalue weighted by atomic mass is 35.5. The number of halogens is 1. The second-order valence-corrected chi connectivity index (χ2v) is 11.1. The van der Waals surface area contributed by atoms with Gasteiger partial charge >= 0.3 is 0 Å². The molecule has 0 radical (unpaired) electrons. The highest BCUT2D eigenvalue weighted by Crippen LogP contribution is 2.55. The maximum absolute atomic E-state index is 13.0. The van der Waals surface area contributed by atoms with Crippen LogP contribution in [-0.4, -0.2) is 34.1 Å². The maximum atomic E-state index is 13.0. The van der Waals surface area contributed by atoms with Crippen LogP contribution in [0.2, 0.25) is 5.02 Å². The summed E-state index contributed by atoms with van der Waals surface area (Å²) < 4.78 is 0. The van der Waals surface area contributed by atoms with Gasteiger partial charge in [0.05, 0.1) is 6.10 Å². The third-order valence-corrected chi connectivity index (χ3v) is 8.98. The molecule has 7 atom stereocenters. The van der Waals surface area contributed by atoms with Crippen LogP contribution in [0.4, 0.5) is 0 Å². The maximum Gasteiger partial charge on any atom is 0.251 e. The number of fused-ring (bicyclic) bond motifs is 1. The Labute approximate surface area is 212 Å². The molecule has 1 aromatic heterocycles. The van der Waals surface area contributed by atoms with Gasteiger partial charge in [0.1, 0.15) is 0 Å². The molecule has 0 unspecified atom stereocenters. The van der Waals surface area contributed by atoms with Gasteiger partial charge in [-0.05, 0) is 72.6 Å². The Hall–Kier alpha value is -2.44. The van der Waals surface area contributed by atoms with Gasteiger partial charge in [-0.25, -0.2) is 0 Å². The average Bonchev–Trinajstić information content (AvgIpc) is 2.85. The molecule has 0 spiro atoms. The molecule has 7 heteroatoms. The zero-order valence-electron chi connectivity index (χ0n) is 20.7. The quantitative estimate of drug-likeness (QED) is 0.543. The molecule has 0 saturated heterocycles. The van der Waals surface area contributed by atoms with Crippen molar-refractivity contribution in [2.24, 2.45) is 29.1 Å². The number of aliphatic hydroxyl groups excluding tert-OH is 1. The van der Waals surface area contributed by atoms with E-state index in [4.69, 9.17) is 11.6 Å². The summed E-state index contributed by atoms with van der Waals surface area (Å²) in [6, 6.07) is 10.9. The van der Waals surface area contributed by atoms with Crippen molar-refractivity contribution < 1.29 is 14.7 Å². The summed E-state index contributed by atoms with van der Waals surface area (Å²) >= 11 is 6.23. The summed E-state index contributed by atoms with van der Waals surface area (Å²) in [6.45, 7) is 6.67. The largest absolute Gasteiger partial charge is 0.392 e. The van der Waals surface area contributed by atoms with Gasteiger partial charge in [-0.1, -0.05) is 50.6 Å². The molecule has 4 rings (SSSR count). The van der Waals surface area contributed by atoms with Crippen LogP contribution in [0.3, 0.4) is 0 Å². The van der Waals surface area contributed by atoms with E-state index in [1.807, 2.05) is 31.2 Å². The van der Waals surface area contributed by atoms with Crippen molar-refractivity contribution in [2.75, 3.05) is 0 Å². The van der Waals surface area contributed by atoms with Crippen LogP contribution < -0.4 is 10.6 Å². The summed E-state index contributed by atoms with van der Waals surface area (Å²) in [5.41, 5.74) is 1.47. The van der Waals surface area contributed by atoms with E-state index in [1.54, 1.807) is 24.5 Å². The van der Waals surface area contributed by atoms with E-state index in [9.17, 15) is 14.7 Å². The molecule has 2 aliphatic carbocycles. The van der Waals surface area contributed by atoms with E-state index in [0.717, 1.165) is 31.2 Å². The number of benzene rings is 1. The minimum absolute atomic E-state index is 0.000980. The predicted molar refractivity (Wildman–Crippen MR) is 137 cm³/mol. The summed E-state index contributed by atoms with van der Waals surface area (Å²) in [5.74, 6) is -0.523. The molecule has 6 nitrogen and oxygen atoms in total. The minimum Gasteiger partial charge on any atom is -0.392 e. The van der Waals surface area contributed by atoms with Crippen LogP contribution in [-0.2, 0) is 11.3 Å². The molecule has 2 saturated carbocycles. The highest BCUT2D eigenvalue weighted by Gasteiger charge is 2.53. The first-order valence-electron chi connectivity index (χ1n) is 12.6. The van der Waals surface area contributed by atoms with E-state index < -0.39 is 6.10 Å². The molecule has 2 amide bonds. The van der Waals surface area contributed by atoms with Crippen LogP contribution in [0, 0.1) is 29.1 Å². The number of hydrogen-bond acceptors (Lipinski definition) is 4. The van der Waals surface area contributed by atoms with E-state index in [-0.39, 0.29) is 46.9 Å². The van der Waals surface area contributed by atoms with Crippen LogP contribution >= 0.6 is 11.6 Å². The SMILES string of the molecule is C[C@H]1[C@@H]2[C@@H](O)[C@@H]([C@H](C)C(=O)NCc3ccccc3Cl)CC[C@@]2(C)CC[C@@H]1NC(=O)c1ccncc1. The fourth-order valence-corrected chi connectivity index (χ4v) is 6.63. The zero-order valence-corrected chi connectivity index (χ0v) is 21.5. The van der Waals surface area contributed by atoms with Gasteiger partial charge < -0.3 is 15.7 Å². The van der Waals surface area contributed by atoms with Gasteiger partial charge in [-0.15, -0.1) is 0 Å². The van der Waals surface area contributed by atoms with Gasteiger partial charge in [-0.3, -0.25) is 14.6 Å². The number of nitrogens with zero attached hydrogens (tertiary/aromatic N) is 1. The number of carbonyl (C=O) groups excluding carboxylic acids is 2. The first-order chi connectivity index (χ1) is 16.7. The van der Waals surface area contributed by atoms with Crippen molar-refractivity contribution in [1.82, 2.24) is 15.6 Å². The average molecular weight is 498 g/mol. The predicted octanol–water partition coefficient (Wildman–Crippen LogP) is 4.61. The Kier molecular flexibility index (Phi) is 7.82. The summed E-state index contributed by atoms with van der Waals surface area (Å²) in [5, 5.41) is 18.4. The van der Waals surface area contributed by atoms with Gasteiger partial charge in [0.25, 0.3) is 5.91 Å². The molecule has 188 valence electrons. The third-order valence-electron chi connectivity index (χ3n) is 8.61. The number of nitrogens with one attached hydrogen (secondary N) is 2. The lowest BCUT2D eigenvalue weighted by molar-refractivity contribution is -0.142. The van der Waals surface area contributed by atoms with Crippen molar-refractivity contribution in [3.63, 3.8) is 0 Å². The Morgan fingerprint density at radius 1 is 1.17 bits per heavy atom. The van der Waals surface area contributed by atoms with Crippen LogP contribution in [0.15, 0.2) is 48.8 Å². The molecular formula is C28H36ClN3O3. The lowest BCUT2D eigenvalue weighted by Crippen LogP contribution is -2.58. The van der Waals surface area contributed by atoms with Crippen molar-refractivity contribution >= 4 is 23.4 Å². The number of carbonyl (C=O) groups is 2. The standard InChI is InChI=1S/C28H36ClN3O3/c1-17(26(34)31-16-20-6-4-5-7-22(20)29)21-8-12-28(3)13-9-23(18(2)24(28)25(21)33)32-27(35)19-10-14-30-15-11-19/h4-7,10-11,14-15,17-18,21,23-25,33H,8-9,12-13,16H2,1-3H3,(H,31,34)(H,32,35)/t17-,18+,21+,23-,24+,25-,28-/m0/s1. The van der Waals surface area contributed by atoms with Crippen LogP contribution in [0.25, 0.3) is 0 Å². The van der Waals surface area contributed by atoms with E-state index in [2.05, 4.69) is 29.5 Å². The Morgan fingerprint density at radius 3 is 2.57 bits per heavy atom. The number of aromatic nitrogens is 1. The lowest BCUT2D eigenvalue weighted by atomic mass is 9.51. The third kappa shape index (κ3) is 5.39. The lowest BCUT2D eigenvalue weighted by Gasteiger charge is -2.56. The number of pyridine rings is 1. The highest BCUT2D eigenvalue weighted by molar-refractivity contribution is 6.31. The topological polar surface area (TPSA) is 91.3 Å². The van der Waals surface area contributed by atoms with Gasteiger partial charge in [0.2, 0.25) is 5.91 Å². The molecular weight excluding hydrogens is 462 g/mol. The summed E-state index contributed by atoms with van der Waals surface area (Å²) in [4.78, 5) is 29.8. The monoisotopic (exact) mass is 497 g/mol. The van der Waals surface area contributed by atoms with Gasteiger partial charge in [-0.2, -0.15) is 0 Å². The fraction of sp³-hybridized carbons (Fsp3) is 0.536. The molecule has 1 aromatic carbocycles. The normalized spacial score (nSPS) is 31.2. The zero-order chi connectivity index (χ0) is 25.2. The molecule has 2 aromatic rings. The number of aliphatic hydroxyl groups is 1. The fourth-order valence-electron chi connectivity index (χ4n) is 6.43. The molecule has 2 fully saturated rings. The van der Waals surface area contributed by atoms with Gasteiger partial charge in [0, 0.05) is 41.5 Å². The summed E-state index contributed by atoms with van der Waals surface area (Å²) in [7, 11) is 0. The minimum atomic E-state index is -0.606. The number of rotatable bonds is 6. The summed E-state index contributed by atoms with van der Waals surface area (Å²) in [6.07, 6.45) is 6.24. The molecule has 0 bridgehead atoms. The smallest absolute Gasteiger partial charge is 0.251 e. The molecule has 1 heterocycles. The second kappa shape index (κ2) is 10.7. The molecule has 35 heavy (non-hydrogen) atoms. The van der Waals surface area contributed by atoms with Crippen molar-refractivity contribution in [3.05, 3.63) is 64.9 Å². The second-order valence-electron chi connectivity index (χ2n) is 10.7.